The van der Waals surface area contributed by atoms with Gasteiger partial charge in [0.25, 0.3) is 5.91 Å². The van der Waals surface area contributed by atoms with Crippen LogP contribution in [0.3, 0.4) is 0 Å². The number of amides is 1. The quantitative estimate of drug-likeness (QED) is 0.772. The Kier molecular flexibility index (Phi) is 5.74. The minimum absolute atomic E-state index is 0.0358. The minimum Gasteiger partial charge on any atom is -0.396 e. The van der Waals surface area contributed by atoms with Crippen molar-refractivity contribution in [1.29, 1.82) is 0 Å². The summed E-state index contributed by atoms with van der Waals surface area (Å²) in [6.45, 7) is 2.91. The van der Waals surface area contributed by atoms with Crippen LogP contribution in [0, 0.1) is 5.92 Å². The molecule has 122 valence electrons. The molecule has 2 rings (SSSR count). The van der Waals surface area contributed by atoms with Crippen molar-refractivity contribution in [3.63, 3.8) is 0 Å². The second-order valence-corrected chi connectivity index (χ2v) is 5.82. The summed E-state index contributed by atoms with van der Waals surface area (Å²) in [5.74, 6) is 0.0447. The molecule has 1 unspecified atom stereocenters. The Morgan fingerprint density at radius 3 is 2.68 bits per heavy atom. The van der Waals surface area contributed by atoms with E-state index in [4.69, 9.17) is 4.74 Å². The lowest BCUT2D eigenvalue weighted by atomic mass is 9.89. The molecule has 0 bridgehead atoms. The fraction of sp³-hybridized carbons (Fsp3) is 0.625. The van der Waals surface area contributed by atoms with Gasteiger partial charge in [0.2, 0.25) is 0 Å². The Morgan fingerprint density at radius 1 is 1.45 bits per heavy atom. The van der Waals surface area contributed by atoms with E-state index in [0.717, 1.165) is 12.8 Å². The van der Waals surface area contributed by atoms with Crippen LogP contribution in [-0.4, -0.2) is 47.2 Å². The number of nitrogens with one attached hydrogen (secondary N) is 1. The molecule has 1 fully saturated rings. The maximum atomic E-state index is 12.5. The largest absolute Gasteiger partial charge is 0.396 e. The van der Waals surface area contributed by atoms with Gasteiger partial charge in [0.15, 0.2) is 5.78 Å². The fourth-order valence-corrected chi connectivity index (χ4v) is 2.91. The van der Waals surface area contributed by atoms with Crippen molar-refractivity contribution >= 4 is 11.7 Å². The smallest absolute Gasteiger partial charge is 0.268 e. The monoisotopic (exact) mass is 308 g/mol. The number of hydrogen-bond donors (Lipinski definition) is 2. The second kappa shape index (κ2) is 7.56. The number of carbonyl (C=O) groups excluding carboxylic acids is 2. The van der Waals surface area contributed by atoms with Crippen molar-refractivity contribution in [2.45, 2.75) is 32.2 Å². The van der Waals surface area contributed by atoms with Gasteiger partial charge in [-0.25, -0.2) is 0 Å². The molecule has 2 N–H and O–H groups in total. The Hall–Kier alpha value is -1.66. The molecule has 1 atom stereocenters. The zero-order valence-electron chi connectivity index (χ0n) is 13.2. The lowest BCUT2D eigenvalue weighted by molar-refractivity contribution is 0.0477. The van der Waals surface area contributed by atoms with Crippen molar-refractivity contribution in [3.05, 3.63) is 23.5 Å². The average Bonchev–Trinajstić information content (AvgIpc) is 2.90. The molecule has 1 aromatic rings. The number of aromatic nitrogens is 1. The van der Waals surface area contributed by atoms with Crippen LogP contribution in [0.4, 0.5) is 0 Å². The third-order valence-corrected chi connectivity index (χ3v) is 4.24. The Labute approximate surface area is 130 Å². The van der Waals surface area contributed by atoms with Crippen molar-refractivity contribution < 1.29 is 19.4 Å². The second-order valence-electron chi connectivity index (χ2n) is 5.82. The average molecular weight is 308 g/mol. The van der Waals surface area contributed by atoms with Gasteiger partial charge in [-0.3, -0.25) is 9.59 Å². The van der Waals surface area contributed by atoms with Gasteiger partial charge in [-0.1, -0.05) is 0 Å². The van der Waals surface area contributed by atoms with Gasteiger partial charge in [0, 0.05) is 44.7 Å². The van der Waals surface area contributed by atoms with Crippen LogP contribution in [0.15, 0.2) is 12.3 Å². The summed E-state index contributed by atoms with van der Waals surface area (Å²) in [6, 6.07) is 1.54. The number of aliphatic hydroxyl groups is 1. The van der Waals surface area contributed by atoms with Crippen LogP contribution in [0.25, 0.3) is 0 Å². The SMILES string of the molecule is CC(=O)c1cc(C(=O)NC(CCO)C2CCOCC2)n(C)c1. The minimum atomic E-state index is -0.208. The molecule has 1 saturated heterocycles. The molecule has 1 aliphatic heterocycles. The van der Waals surface area contributed by atoms with Crippen molar-refractivity contribution in [2.75, 3.05) is 19.8 Å². The molecule has 0 spiro atoms. The predicted molar refractivity (Wildman–Crippen MR) is 81.9 cm³/mol. The summed E-state index contributed by atoms with van der Waals surface area (Å²) in [7, 11) is 1.75. The summed E-state index contributed by atoms with van der Waals surface area (Å²) < 4.78 is 7.01. The molecule has 0 radical (unpaired) electrons. The van der Waals surface area contributed by atoms with Gasteiger partial charge < -0.3 is 19.7 Å². The highest BCUT2D eigenvalue weighted by molar-refractivity contribution is 5.99. The first kappa shape index (κ1) is 16.7. The van der Waals surface area contributed by atoms with Crippen LogP contribution >= 0.6 is 0 Å². The lowest BCUT2D eigenvalue weighted by Gasteiger charge is -2.30. The zero-order chi connectivity index (χ0) is 16.1. The molecule has 6 nitrogen and oxygen atoms in total. The molecule has 0 saturated carbocycles. The summed E-state index contributed by atoms with van der Waals surface area (Å²) in [4.78, 5) is 23.9. The van der Waals surface area contributed by atoms with E-state index < -0.39 is 0 Å². The van der Waals surface area contributed by atoms with Crippen LogP contribution in [0.2, 0.25) is 0 Å². The molecule has 6 heteroatoms. The van der Waals surface area contributed by atoms with Crippen molar-refractivity contribution in [2.24, 2.45) is 13.0 Å². The van der Waals surface area contributed by atoms with Crippen LogP contribution < -0.4 is 5.32 Å². The number of ether oxygens (including phenoxy) is 1. The number of carbonyl (C=O) groups is 2. The van der Waals surface area contributed by atoms with E-state index in [-0.39, 0.29) is 24.3 Å². The standard InChI is InChI=1S/C16H24N2O4/c1-11(20)13-9-15(18(2)10-13)16(21)17-14(3-6-19)12-4-7-22-8-5-12/h9-10,12,14,19H,3-8H2,1-2H3,(H,17,21). The number of ketones is 1. The fourth-order valence-electron chi connectivity index (χ4n) is 2.91. The first-order valence-electron chi connectivity index (χ1n) is 7.69. The number of Topliss-reactive ketones (excluding diaryl/α,β-unsaturated/α-hetero) is 1. The highest BCUT2D eigenvalue weighted by Gasteiger charge is 2.26. The Balaban J connectivity index is 2.08. The molecule has 22 heavy (non-hydrogen) atoms. The Bertz CT molecular complexity index is 532. The highest BCUT2D eigenvalue weighted by atomic mass is 16.5. The maximum absolute atomic E-state index is 12.5. The molecule has 0 aliphatic carbocycles. The summed E-state index contributed by atoms with van der Waals surface area (Å²) >= 11 is 0. The Morgan fingerprint density at radius 2 is 2.14 bits per heavy atom. The van der Waals surface area contributed by atoms with Crippen LogP contribution in [0.5, 0.6) is 0 Å². The maximum Gasteiger partial charge on any atom is 0.268 e. The molecule has 1 amide bonds. The van der Waals surface area contributed by atoms with Gasteiger partial charge in [0.05, 0.1) is 0 Å². The first-order valence-corrected chi connectivity index (χ1v) is 7.69. The van der Waals surface area contributed by atoms with E-state index in [2.05, 4.69) is 5.32 Å². The zero-order valence-corrected chi connectivity index (χ0v) is 13.2. The van der Waals surface area contributed by atoms with E-state index in [1.54, 1.807) is 23.9 Å². The number of aryl methyl sites for hydroxylation is 1. The third kappa shape index (κ3) is 3.96. The van der Waals surface area contributed by atoms with Gasteiger partial charge in [-0.05, 0) is 38.2 Å². The molecule has 1 aromatic heterocycles. The molecule has 0 aromatic carbocycles. The lowest BCUT2D eigenvalue weighted by Crippen LogP contribution is -2.43. The number of hydrogen-bond acceptors (Lipinski definition) is 4. The third-order valence-electron chi connectivity index (χ3n) is 4.24. The predicted octanol–water partition coefficient (Wildman–Crippen LogP) is 1.14. The van der Waals surface area contributed by atoms with Gasteiger partial charge in [0.1, 0.15) is 5.69 Å². The summed E-state index contributed by atoms with van der Waals surface area (Å²) in [5, 5.41) is 12.3. The molecule has 2 heterocycles. The first-order chi connectivity index (χ1) is 10.5. The normalized spacial score (nSPS) is 17.2. The van der Waals surface area contributed by atoms with Crippen molar-refractivity contribution in [1.82, 2.24) is 9.88 Å². The van der Waals surface area contributed by atoms with Crippen molar-refractivity contribution in [3.8, 4) is 0 Å². The van der Waals surface area contributed by atoms with Gasteiger partial charge in [-0.15, -0.1) is 0 Å². The van der Waals surface area contributed by atoms with Gasteiger partial charge >= 0.3 is 0 Å². The molecule has 1 aliphatic rings. The summed E-state index contributed by atoms with van der Waals surface area (Å²) in [6.07, 6.45) is 3.96. The van der Waals surface area contributed by atoms with Crippen LogP contribution in [0.1, 0.15) is 47.0 Å². The molecular formula is C16H24N2O4. The van der Waals surface area contributed by atoms with E-state index in [1.807, 2.05) is 0 Å². The van der Waals surface area contributed by atoms with Crippen LogP contribution in [-0.2, 0) is 11.8 Å². The van der Waals surface area contributed by atoms with E-state index >= 15 is 0 Å². The van der Waals surface area contributed by atoms with E-state index in [0.29, 0.717) is 36.8 Å². The summed E-state index contributed by atoms with van der Waals surface area (Å²) in [5.41, 5.74) is 0.984. The van der Waals surface area contributed by atoms with Gasteiger partial charge in [-0.2, -0.15) is 0 Å². The number of nitrogens with zero attached hydrogens (tertiary/aromatic N) is 1. The number of rotatable bonds is 6. The topological polar surface area (TPSA) is 80.6 Å². The number of aliphatic hydroxyl groups excluding tert-OH is 1. The highest BCUT2D eigenvalue weighted by Crippen LogP contribution is 2.21. The van der Waals surface area contributed by atoms with E-state index in [9.17, 15) is 14.7 Å². The van der Waals surface area contributed by atoms with E-state index in [1.165, 1.54) is 6.92 Å². The molecular weight excluding hydrogens is 284 g/mol.